The van der Waals surface area contributed by atoms with Gasteiger partial charge in [0, 0.05) is 28.7 Å². The minimum atomic E-state index is 0.0244. The van der Waals surface area contributed by atoms with E-state index in [9.17, 15) is 4.79 Å². The van der Waals surface area contributed by atoms with E-state index in [1.54, 1.807) is 18.2 Å². The van der Waals surface area contributed by atoms with Crippen LogP contribution in [0.25, 0.3) is 0 Å². The highest BCUT2D eigenvalue weighted by Crippen LogP contribution is 2.23. The molecule has 1 heterocycles. The Bertz CT molecular complexity index is 451. The molecule has 1 amide bonds. The number of halogens is 2. The Labute approximate surface area is 130 Å². The predicted octanol–water partition coefficient (Wildman–Crippen LogP) is 3.46. The Kier molecular flexibility index (Phi) is 5.70. The molecule has 1 aliphatic heterocycles. The highest BCUT2D eigenvalue weighted by molar-refractivity contribution is 6.35. The summed E-state index contributed by atoms with van der Waals surface area (Å²) in [6, 6.07) is 5.00. The lowest BCUT2D eigenvalue weighted by Crippen LogP contribution is -2.40. The van der Waals surface area contributed by atoms with Crippen molar-refractivity contribution in [2.24, 2.45) is 5.92 Å². The van der Waals surface area contributed by atoms with Gasteiger partial charge < -0.3 is 10.2 Å². The molecule has 20 heavy (non-hydrogen) atoms. The maximum Gasteiger partial charge on any atom is 0.253 e. The van der Waals surface area contributed by atoms with Crippen LogP contribution in [-0.4, -0.2) is 37.0 Å². The second-order valence-electron chi connectivity index (χ2n) is 5.20. The molecular formula is C15H20Cl2N2O. The fourth-order valence-corrected chi connectivity index (χ4v) is 3.07. The van der Waals surface area contributed by atoms with Gasteiger partial charge in [-0.15, -0.1) is 0 Å². The number of piperidine rings is 1. The van der Waals surface area contributed by atoms with Crippen molar-refractivity contribution in [3.05, 3.63) is 33.8 Å². The van der Waals surface area contributed by atoms with E-state index in [0.717, 1.165) is 39.0 Å². The summed E-state index contributed by atoms with van der Waals surface area (Å²) in [6.45, 7) is 5.77. The van der Waals surface area contributed by atoms with Crippen molar-refractivity contribution in [2.45, 2.75) is 19.8 Å². The van der Waals surface area contributed by atoms with Gasteiger partial charge in [0.25, 0.3) is 5.91 Å². The summed E-state index contributed by atoms with van der Waals surface area (Å²) in [7, 11) is 0. The molecule has 0 aliphatic carbocycles. The Hall–Kier alpha value is -0.770. The molecule has 0 bridgehead atoms. The van der Waals surface area contributed by atoms with Gasteiger partial charge in [0.2, 0.25) is 0 Å². The Morgan fingerprint density at radius 1 is 1.25 bits per heavy atom. The molecule has 2 rings (SSSR count). The van der Waals surface area contributed by atoms with Crippen LogP contribution in [0.3, 0.4) is 0 Å². The van der Waals surface area contributed by atoms with Gasteiger partial charge in [0.15, 0.2) is 0 Å². The molecule has 3 nitrogen and oxygen atoms in total. The van der Waals surface area contributed by atoms with E-state index < -0.39 is 0 Å². The number of amides is 1. The zero-order valence-corrected chi connectivity index (χ0v) is 13.2. The third-order valence-corrected chi connectivity index (χ3v) is 4.13. The highest BCUT2D eigenvalue weighted by atomic mass is 35.5. The van der Waals surface area contributed by atoms with Gasteiger partial charge in [-0.25, -0.2) is 0 Å². The molecule has 0 radical (unpaired) electrons. The van der Waals surface area contributed by atoms with Crippen molar-refractivity contribution in [1.29, 1.82) is 0 Å². The summed E-state index contributed by atoms with van der Waals surface area (Å²) in [5.41, 5.74) is 0.577. The molecule has 5 heteroatoms. The van der Waals surface area contributed by atoms with Crippen LogP contribution in [-0.2, 0) is 0 Å². The van der Waals surface area contributed by atoms with Crippen LogP contribution in [0.1, 0.15) is 30.1 Å². The van der Waals surface area contributed by atoms with Gasteiger partial charge in [-0.1, -0.05) is 30.1 Å². The second-order valence-corrected chi connectivity index (χ2v) is 6.07. The molecule has 1 fully saturated rings. The lowest BCUT2D eigenvalue weighted by atomic mass is 9.96. The first-order chi connectivity index (χ1) is 9.60. The fourth-order valence-electron chi connectivity index (χ4n) is 2.55. The van der Waals surface area contributed by atoms with Crippen LogP contribution in [0.5, 0.6) is 0 Å². The molecule has 1 saturated heterocycles. The smallest absolute Gasteiger partial charge is 0.253 e. The average molecular weight is 315 g/mol. The number of likely N-dealkylation sites (tertiary alicyclic amines) is 1. The molecule has 0 saturated carbocycles. The molecule has 1 aromatic carbocycles. The van der Waals surface area contributed by atoms with Crippen molar-refractivity contribution in [2.75, 3.05) is 26.2 Å². The minimum absolute atomic E-state index is 0.0244. The van der Waals surface area contributed by atoms with Gasteiger partial charge in [-0.3, -0.25) is 4.79 Å². The van der Waals surface area contributed by atoms with E-state index in [1.165, 1.54) is 0 Å². The number of nitrogens with zero attached hydrogens (tertiary/aromatic N) is 1. The van der Waals surface area contributed by atoms with Crippen LogP contribution >= 0.6 is 23.2 Å². The Morgan fingerprint density at radius 2 is 1.85 bits per heavy atom. The second kappa shape index (κ2) is 7.30. The Balaban J connectivity index is 1.94. The minimum Gasteiger partial charge on any atom is -0.339 e. The normalized spacial score (nSPS) is 16.4. The topological polar surface area (TPSA) is 32.3 Å². The molecule has 0 atom stereocenters. The van der Waals surface area contributed by atoms with Crippen LogP contribution in [0.4, 0.5) is 0 Å². The van der Waals surface area contributed by atoms with Gasteiger partial charge in [0.1, 0.15) is 0 Å². The number of carbonyl (C=O) groups excluding carboxylic acids is 1. The van der Waals surface area contributed by atoms with Crippen LogP contribution in [0.15, 0.2) is 18.2 Å². The standard InChI is InChI=1S/C15H20Cl2N2O/c1-2-18-10-11-3-5-19(6-4-11)15(20)12-7-13(16)9-14(17)8-12/h7-9,11,18H,2-6,10H2,1H3. The summed E-state index contributed by atoms with van der Waals surface area (Å²) < 4.78 is 0. The highest BCUT2D eigenvalue weighted by Gasteiger charge is 2.23. The average Bonchev–Trinajstić information content (AvgIpc) is 2.44. The third kappa shape index (κ3) is 4.11. The summed E-state index contributed by atoms with van der Waals surface area (Å²) in [5, 5.41) is 4.38. The van der Waals surface area contributed by atoms with Crippen LogP contribution < -0.4 is 5.32 Å². The molecule has 1 aromatic rings. The monoisotopic (exact) mass is 314 g/mol. The SMILES string of the molecule is CCNCC1CCN(C(=O)c2cc(Cl)cc(Cl)c2)CC1. The Morgan fingerprint density at radius 3 is 2.40 bits per heavy atom. The van der Waals surface area contributed by atoms with Crippen LogP contribution in [0.2, 0.25) is 10.0 Å². The molecule has 0 unspecified atom stereocenters. The lowest BCUT2D eigenvalue weighted by molar-refractivity contribution is 0.0690. The van der Waals surface area contributed by atoms with Crippen molar-refractivity contribution in [3.8, 4) is 0 Å². The third-order valence-electron chi connectivity index (χ3n) is 3.69. The number of carbonyl (C=O) groups is 1. The molecular weight excluding hydrogens is 295 g/mol. The summed E-state index contributed by atoms with van der Waals surface area (Å²) in [5.74, 6) is 0.693. The quantitative estimate of drug-likeness (QED) is 0.923. The molecule has 0 spiro atoms. The van der Waals surface area contributed by atoms with E-state index in [0.29, 0.717) is 21.5 Å². The van der Waals surface area contributed by atoms with E-state index in [1.807, 2.05) is 4.90 Å². The van der Waals surface area contributed by atoms with E-state index in [-0.39, 0.29) is 5.91 Å². The van der Waals surface area contributed by atoms with Gasteiger partial charge >= 0.3 is 0 Å². The number of hydrogen-bond acceptors (Lipinski definition) is 2. The molecule has 0 aromatic heterocycles. The fraction of sp³-hybridized carbons (Fsp3) is 0.533. The van der Waals surface area contributed by atoms with Crippen molar-refractivity contribution in [1.82, 2.24) is 10.2 Å². The summed E-state index contributed by atoms with van der Waals surface area (Å²) in [6.07, 6.45) is 2.10. The zero-order chi connectivity index (χ0) is 14.5. The zero-order valence-electron chi connectivity index (χ0n) is 11.7. The van der Waals surface area contributed by atoms with E-state index in [2.05, 4.69) is 12.2 Å². The van der Waals surface area contributed by atoms with Gasteiger partial charge in [0.05, 0.1) is 0 Å². The van der Waals surface area contributed by atoms with E-state index in [4.69, 9.17) is 23.2 Å². The van der Waals surface area contributed by atoms with Crippen molar-refractivity contribution < 1.29 is 4.79 Å². The maximum absolute atomic E-state index is 12.4. The molecule has 1 aliphatic rings. The lowest BCUT2D eigenvalue weighted by Gasteiger charge is -2.32. The first-order valence-corrected chi connectivity index (χ1v) is 7.82. The maximum atomic E-state index is 12.4. The van der Waals surface area contributed by atoms with E-state index >= 15 is 0 Å². The summed E-state index contributed by atoms with van der Waals surface area (Å²) in [4.78, 5) is 14.3. The molecule has 1 N–H and O–H groups in total. The largest absolute Gasteiger partial charge is 0.339 e. The van der Waals surface area contributed by atoms with Crippen molar-refractivity contribution >= 4 is 29.1 Å². The number of nitrogens with one attached hydrogen (secondary N) is 1. The molecule has 110 valence electrons. The number of rotatable bonds is 4. The summed E-state index contributed by atoms with van der Waals surface area (Å²) >= 11 is 11.9. The predicted molar refractivity (Wildman–Crippen MR) is 83.6 cm³/mol. The first-order valence-electron chi connectivity index (χ1n) is 7.06. The van der Waals surface area contributed by atoms with Gasteiger partial charge in [-0.05, 0) is 50.0 Å². The number of hydrogen-bond donors (Lipinski definition) is 1. The van der Waals surface area contributed by atoms with Crippen molar-refractivity contribution in [3.63, 3.8) is 0 Å². The van der Waals surface area contributed by atoms with Gasteiger partial charge in [-0.2, -0.15) is 0 Å². The van der Waals surface area contributed by atoms with Crippen LogP contribution in [0, 0.1) is 5.92 Å². The number of benzene rings is 1. The first kappa shape index (κ1) is 15.6.